The number of nitrogens with one attached hydrogen (secondary N) is 1. The van der Waals surface area contributed by atoms with Gasteiger partial charge in [-0.25, -0.2) is 0 Å². The van der Waals surface area contributed by atoms with Crippen LogP contribution in [0.25, 0.3) is 0 Å². The Labute approximate surface area is 145 Å². The maximum Gasteiger partial charge on any atom is 0.224 e. The van der Waals surface area contributed by atoms with Gasteiger partial charge < -0.3 is 15.0 Å². The normalized spacial score (nSPS) is 32.4. The number of ether oxygens (including phenoxy) is 1. The third-order valence-corrected chi connectivity index (χ3v) is 5.02. The third-order valence-electron chi connectivity index (χ3n) is 5.02. The molecule has 0 aromatic heterocycles. The van der Waals surface area contributed by atoms with E-state index in [0.717, 1.165) is 52.4 Å². The van der Waals surface area contributed by atoms with Gasteiger partial charge in [-0.15, -0.1) is 24.8 Å². The van der Waals surface area contributed by atoms with Crippen molar-refractivity contribution >= 4 is 30.7 Å². The molecule has 0 aromatic rings. The van der Waals surface area contributed by atoms with Crippen molar-refractivity contribution in [2.24, 2.45) is 5.92 Å². The minimum atomic E-state index is 0. The molecule has 5 nitrogen and oxygen atoms in total. The number of hydrogen-bond donors (Lipinski definition) is 1. The molecule has 7 heteroatoms. The SMILES string of the molecule is CC1CN(C(=O)CC2CCCN2)CC1N1CCOCC1.Cl.Cl. The van der Waals surface area contributed by atoms with Gasteiger partial charge in [0, 0.05) is 44.7 Å². The van der Waals surface area contributed by atoms with Crippen LogP contribution in [-0.4, -0.2) is 73.7 Å². The highest BCUT2D eigenvalue weighted by molar-refractivity contribution is 5.85. The molecule has 130 valence electrons. The summed E-state index contributed by atoms with van der Waals surface area (Å²) in [5.74, 6) is 0.917. The Kier molecular flexibility index (Phi) is 8.43. The molecule has 3 heterocycles. The molecule has 0 aromatic carbocycles. The average molecular weight is 354 g/mol. The van der Waals surface area contributed by atoms with Gasteiger partial charge in [-0.2, -0.15) is 0 Å². The van der Waals surface area contributed by atoms with Crippen LogP contribution in [-0.2, 0) is 9.53 Å². The Balaban J connectivity index is 0.00000121. The van der Waals surface area contributed by atoms with Gasteiger partial charge in [-0.3, -0.25) is 9.69 Å². The first-order valence-electron chi connectivity index (χ1n) is 8.07. The fourth-order valence-corrected chi connectivity index (χ4v) is 3.81. The van der Waals surface area contributed by atoms with E-state index >= 15 is 0 Å². The highest BCUT2D eigenvalue weighted by Crippen LogP contribution is 2.24. The van der Waals surface area contributed by atoms with Crippen molar-refractivity contribution in [3.8, 4) is 0 Å². The second-order valence-corrected chi connectivity index (χ2v) is 6.49. The van der Waals surface area contributed by atoms with E-state index in [1.54, 1.807) is 0 Å². The lowest BCUT2D eigenvalue weighted by Gasteiger charge is -2.34. The molecule has 3 aliphatic heterocycles. The molecule has 3 unspecified atom stereocenters. The highest BCUT2D eigenvalue weighted by atomic mass is 35.5. The molecule has 3 aliphatic rings. The maximum atomic E-state index is 12.4. The largest absolute Gasteiger partial charge is 0.379 e. The van der Waals surface area contributed by atoms with Gasteiger partial charge in [0.2, 0.25) is 5.91 Å². The van der Waals surface area contributed by atoms with E-state index in [1.165, 1.54) is 6.42 Å². The summed E-state index contributed by atoms with van der Waals surface area (Å²) < 4.78 is 5.43. The maximum absolute atomic E-state index is 12.4. The molecule has 0 saturated carbocycles. The summed E-state index contributed by atoms with van der Waals surface area (Å²) in [6.07, 6.45) is 3.05. The summed E-state index contributed by atoms with van der Waals surface area (Å²) in [5.41, 5.74) is 0. The average Bonchev–Trinajstić information content (AvgIpc) is 3.09. The topological polar surface area (TPSA) is 44.8 Å². The summed E-state index contributed by atoms with van der Waals surface area (Å²) >= 11 is 0. The summed E-state index contributed by atoms with van der Waals surface area (Å²) in [5, 5.41) is 3.42. The Bertz CT molecular complexity index is 348. The van der Waals surface area contributed by atoms with Crippen molar-refractivity contribution in [2.45, 2.75) is 38.3 Å². The number of hydrogen-bond acceptors (Lipinski definition) is 4. The third kappa shape index (κ3) is 4.71. The van der Waals surface area contributed by atoms with Gasteiger partial charge in [-0.05, 0) is 25.3 Å². The quantitative estimate of drug-likeness (QED) is 0.826. The van der Waals surface area contributed by atoms with Gasteiger partial charge in [0.05, 0.1) is 13.2 Å². The lowest BCUT2D eigenvalue weighted by molar-refractivity contribution is -0.130. The first-order valence-corrected chi connectivity index (χ1v) is 8.07. The standard InChI is InChI=1S/C15H27N3O2.2ClH/c1-12-10-18(15(19)9-13-3-2-4-16-13)11-14(12)17-5-7-20-8-6-17;;/h12-14,16H,2-11H2,1H3;2*1H. The second kappa shape index (κ2) is 9.28. The molecule has 0 bridgehead atoms. The van der Waals surface area contributed by atoms with Gasteiger partial charge in [0.15, 0.2) is 0 Å². The van der Waals surface area contributed by atoms with E-state index in [-0.39, 0.29) is 24.8 Å². The molecule has 0 radical (unpaired) electrons. The van der Waals surface area contributed by atoms with Crippen LogP contribution in [0.3, 0.4) is 0 Å². The lowest BCUT2D eigenvalue weighted by Crippen LogP contribution is -2.47. The minimum absolute atomic E-state index is 0. The Morgan fingerprint density at radius 2 is 1.95 bits per heavy atom. The molecule has 3 rings (SSSR count). The molecule has 1 N–H and O–H groups in total. The number of likely N-dealkylation sites (tertiary alicyclic amines) is 1. The fraction of sp³-hybridized carbons (Fsp3) is 0.933. The molecule has 3 atom stereocenters. The molecule has 0 aliphatic carbocycles. The number of amides is 1. The van der Waals surface area contributed by atoms with Crippen LogP contribution in [0.4, 0.5) is 0 Å². The monoisotopic (exact) mass is 353 g/mol. The van der Waals surface area contributed by atoms with Gasteiger partial charge in [0.25, 0.3) is 0 Å². The predicted molar refractivity (Wildman–Crippen MR) is 92.1 cm³/mol. The zero-order chi connectivity index (χ0) is 13.9. The Morgan fingerprint density at radius 3 is 2.59 bits per heavy atom. The van der Waals surface area contributed by atoms with E-state index in [2.05, 4.69) is 22.0 Å². The van der Waals surface area contributed by atoms with Crippen LogP contribution < -0.4 is 5.32 Å². The number of halogens is 2. The van der Waals surface area contributed by atoms with E-state index in [0.29, 0.717) is 30.3 Å². The summed E-state index contributed by atoms with van der Waals surface area (Å²) in [4.78, 5) is 17.0. The highest BCUT2D eigenvalue weighted by Gasteiger charge is 2.37. The van der Waals surface area contributed by atoms with Crippen molar-refractivity contribution < 1.29 is 9.53 Å². The molecule has 22 heavy (non-hydrogen) atoms. The number of carbonyl (C=O) groups is 1. The molecule has 1 amide bonds. The van der Waals surface area contributed by atoms with Crippen molar-refractivity contribution in [1.82, 2.24) is 15.1 Å². The summed E-state index contributed by atoms with van der Waals surface area (Å²) in [6, 6.07) is 0.944. The predicted octanol–water partition coefficient (Wildman–Crippen LogP) is 1.15. The Morgan fingerprint density at radius 1 is 1.23 bits per heavy atom. The van der Waals surface area contributed by atoms with Gasteiger partial charge in [0.1, 0.15) is 0 Å². The lowest BCUT2D eigenvalue weighted by atomic mass is 10.0. The van der Waals surface area contributed by atoms with Gasteiger partial charge >= 0.3 is 0 Å². The molecule has 0 spiro atoms. The van der Waals surface area contributed by atoms with Crippen LogP contribution in [0, 0.1) is 5.92 Å². The summed E-state index contributed by atoms with van der Waals surface area (Å²) in [7, 11) is 0. The van der Waals surface area contributed by atoms with Crippen LogP contribution in [0.15, 0.2) is 0 Å². The number of carbonyl (C=O) groups excluding carboxylic acids is 1. The molecule has 3 saturated heterocycles. The van der Waals surface area contributed by atoms with Crippen molar-refractivity contribution in [2.75, 3.05) is 45.9 Å². The number of rotatable bonds is 3. The first-order chi connectivity index (χ1) is 9.74. The number of nitrogens with zero attached hydrogens (tertiary/aromatic N) is 2. The van der Waals surface area contributed by atoms with Crippen LogP contribution in [0.5, 0.6) is 0 Å². The smallest absolute Gasteiger partial charge is 0.224 e. The molecule has 3 fully saturated rings. The van der Waals surface area contributed by atoms with E-state index < -0.39 is 0 Å². The van der Waals surface area contributed by atoms with Crippen molar-refractivity contribution in [1.29, 1.82) is 0 Å². The summed E-state index contributed by atoms with van der Waals surface area (Å²) in [6.45, 7) is 8.89. The van der Waals surface area contributed by atoms with E-state index in [9.17, 15) is 4.79 Å². The zero-order valence-electron chi connectivity index (χ0n) is 13.3. The van der Waals surface area contributed by atoms with E-state index in [1.807, 2.05) is 0 Å². The minimum Gasteiger partial charge on any atom is -0.379 e. The van der Waals surface area contributed by atoms with Crippen molar-refractivity contribution in [3.05, 3.63) is 0 Å². The zero-order valence-corrected chi connectivity index (χ0v) is 15.0. The number of morpholine rings is 1. The van der Waals surface area contributed by atoms with Crippen molar-refractivity contribution in [3.63, 3.8) is 0 Å². The van der Waals surface area contributed by atoms with Crippen LogP contribution in [0.2, 0.25) is 0 Å². The molecular formula is C15H29Cl2N3O2. The second-order valence-electron chi connectivity index (χ2n) is 6.49. The van der Waals surface area contributed by atoms with Gasteiger partial charge in [-0.1, -0.05) is 6.92 Å². The van der Waals surface area contributed by atoms with Crippen LogP contribution in [0.1, 0.15) is 26.2 Å². The van der Waals surface area contributed by atoms with E-state index in [4.69, 9.17) is 4.74 Å². The fourth-order valence-electron chi connectivity index (χ4n) is 3.81. The molecular weight excluding hydrogens is 325 g/mol. The Hall–Kier alpha value is -0.0700. The first kappa shape index (κ1) is 20.0. The van der Waals surface area contributed by atoms with Crippen LogP contribution >= 0.6 is 24.8 Å².